The molecule has 2 saturated heterocycles. The van der Waals surface area contributed by atoms with E-state index in [-0.39, 0.29) is 17.9 Å². The van der Waals surface area contributed by atoms with Crippen LogP contribution in [0, 0.1) is 5.92 Å². The molecule has 9 nitrogen and oxygen atoms in total. The Morgan fingerprint density at radius 2 is 1.60 bits per heavy atom. The molecule has 0 radical (unpaired) electrons. The van der Waals surface area contributed by atoms with E-state index < -0.39 is 5.91 Å². The van der Waals surface area contributed by atoms with Crippen LogP contribution in [0.3, 0.4) is 0 Å². The van der Waals surface area contributed by atoms with Gasteiger partial charge in [-0.25, -0.2) is 4.79 Å². The Morgan fingerprint density at radius 1 is 0.886 bits per heavy atom. The molecule has 2 aromatic carbocycles. The zero-order valence-electron chi connectivity index (χ0n) is 20.0. The largest absolute Gasteiger partial charge is 0.371 e. The molecule has 2 aliphatic heterocycles. The fraction of sp³-hybridized carbons (Fsp3) is 0.423. The smallest absolute Gasteiger partial charge is 0.319 e. The van der Waals surface area contributed by atoms with Gasteiger partial charge in [-0.05, 0) is 68.0 Å². The first kappa shape index (κ1) is 24.4. The standard InChI is InChI=1S/C26H34N6O3/c27-24(33)19-8-11-23(31-12-2-1-3-13-31)22(15-19)30-26(35)29-16-18-6-9-21(10-7-18)32-14-4-5-20(17-32)25(28)34/h6-11,15,20H,1-5,12-14,16-17H2,(H2,27,33)(H2,28,34)(H2,29,30,35). The third kappa shape index (κ3) is 6.23. The van der Waals surface area contributed by atoms with Gasteiger partial charge >= 0.3 is 6.03 Å². The highest BCUT2D eigenvalue weighted by atomic mass is 16.2. The summed E-state index contributed by atoms with van der Waals surface area (Å²) >= 11 is 0. The molecule has 186 valence electrons. The average molecular weight is 479 g/mol. The lowest BCUT2D eigenvalue weighted by Crippen LogP contribution is -2.41. The predicted octanol–water partition coefficient (Wildman–Crippen LogP) is 2.80. The summed E-state index contributed by atoms with van der Waals surface area (Å²) in [5.74, 6) is -0.891. The van der Waals surface area contributed by atoms with Gasteiger partial charge in [-0.2, -0.15) is 0 Å². The first-order valence-corrected chi connectivity index (χ1v) is 12.3. The second-order valence-electron chi connectivity index (χ2n) is 9.31. The zero-order valence-corrected chi connectivity index (χ0v) is 20.0. The van der Waals surface area contributed by atoms with Gasteiger partial charge in [-0.1, -0.05) is 12.1 Å². The molecule has 6 N–H and O–H groups in total. The maximum absolute atomic E-state index is 12.7. The molecule has 1 atom stereocenters. The van der Waals surface area contributed by atoms with Gasteiger partial charge in [0.25, 0.3) is 0 Å². The molecule has 35 heavy (non-hydrogen) atoms. The third-order valence-electron chi connectivity index (χ3n) is 6.80. The molecule has 2 fully saturated rings. The molecule has 4 amide bonds. The number of urea groups is 1. The van der Waals surface area contributed by atoms with Crippen molar-refractivity contribution in [3.05, 3.63) is 53.6 Å². The van der Waals surface area contributed by atoms with Gasteiger partial charge < -0.3 is 31.9 Å². The summed E-state index contributed by atoms with van der Waals surface area (Å²) in [6.07, 6.45) is 5.17. The fourth-order valence-electron chi connectivity index (χ4n) is 4.82. The quantitative estimate of drug-likeness (QED) is 0.486. The normalized spacial score (nSPS) is 18.1. The van der Waals surface area contributed by atoms with Crippen molar-refractivity contribution in [2.75, 3.05) is 41.3 Å². The molecule has 2 aromatic rings. The van der Waals surface area contributed by atoms with E-state index in [9.17, 15) is 14.4 Å². The van der Waals surface area contributed by atoms with E-state index in [0.29, 0.717) is 24.3 Å². The Labute approximate surface area is 205 Å². The molecule has 0 aromatic heterocycles. The molecular formula is C26H34N6O3. The minimum atomic E-state index is -0.533. The number of anilines is 3. The van der Waals surface area contributed by atoms with Crippen molar-refractivity contribution < 1.29 is 14.4 Å². The summed E-state index contributed by atoms with van der Waals surface area (Å²) in [6, 6.07) is 12.8. The molecule has 9 heteroatoms. The minimum Gasteiger partial charge on any atom is -0.371 e. The summed E-state index contributed by atoms with van der Waals surface area (Å²) in [7, 11) is 0. The van der Waals surface area contributed by atoms with Gasteiger partial charge in [-0.15, -0.1) is 0 Å². The number of rotatable bonds is 7. The van der Waals surface area contributed by atoms with Crippen LogP contribution in [0.4, 0.5) is 21.9 Å². The molecule has 4 rings (SSSR count). The van der Waals surface area contributed by atoms with E-state index in [1.807, 2.05) is 30.3 Å². The summed E-state index contributed by atoms with van der Waals surface area (Å²) < 4.78 is 0. The van der Waals surface area contributed by atoms with Crippen LogP contribution in [-0.2, 0) is 11.3 Å². The van der Waals surface area contributed by atoms with Crippen molar-refractivity contribution in [3.8, 4) is 0 Å². The van der Waals surface area contributed by atoms with Crippen molar-refractivity contribution in [2.24, 2.45) is 17.4 Å². The number of primary amides is 2. The van der Waals surface area contributed by atoms with Crippen molar-refractivity contribution in [1.82, 2.24) is 5.32 Å². The molecule has 1 unspecified atom stereocenters. The zero-order chi connectivity index (χ0) is 24.8. The van der Waals surface area contributed by atoms with Crippen molar-refractivity contribution in [1.29, 1.82) is 0 Å². The lowest BCUT2D eigenvalue weighted by atomic mass is 9.97. The number of hydrogen-bond donors (Lipinski definition) is 4. The lowest BCUT2D eigenvalue weighted by molar-refractivity contribution is -0.122. The van der Waals surface area contributed by atoms with E-state index in [2.05, 4.69) is 20.4 Å². The van der Waals surface area contributed by atoms with Crippen LogP contribution in [0.15, 0.2) is 42.5 Å². The van der Waals surface area contributed by atoms with Gasteiger partial charge in [0.15, 0.2) is 0 Å². The summed E-state index contributed by atoms with van der Waals surface area (Å²) in [5, 5.41) is 5.79. The summed E-state index contributed by atoms with van der Waals surface area (Å²) in [4.78, 5) is 40.3. The highest BCUT2D eigenvalue weighted by Gasteiger charge is 2.24. The Balaban J connectivity index is 1.37. The van der Waals surface area contributed by atoms with Gasteiger partial charge in [0, 0.05) is 44.0 Å². The molecule has 0 saturated carbocycles. The van der Waals surface area contributed by atoms with Crippen LogP contribution < -0.4 is 31.9 Å². The fourth-order valence-corrected chi connectivity index (χ4v) is 4.82. The van der Waals surface area contributed by atoms with Crippen LogP contribution in [0.1, 0.15) is 48.0 Å². The van der Waals surface area contributed by atoms with Gasteiger partial charge in [0.1, 0.15) is 0 Å². The number of nitrogens with zero attached hydrogens (tertiary/aromatic N) is 2. The number of carbonyl (C=O) groups excluding carboxylic acids is 3. The second kappa shape index (κ2) is 11.1. The van der Waals surface area contributed by atoms with Crippen molar-refractivity contribution in [3.63, 3.8) is 0 Å². The molecular weight excluding hydrogens is 444 g/mol. The van der Waals surface area contributed by atoms with E-state index in [1.54, 1.807) is 12.1 Å². The van der Waals surface area contributed by atoms with Crippen molar-refractivity contribution in [2.45, 2.75) is 38.6 Å². The Morgan fingerprint density at radius 3 is 2.29 bits per heavy atom. The van der Waals surface area contributed by atoms with Gasteiger partial charge in [-0.3, -0.25) is 9.59 Å². The van der Waals surface area contributed by atoms with Crippen LogP contribution in [0.2, 0.25) is 0 Å². The van der Waals surface area contributed by atoms with Gasteiger partial charge in [0.2, 0.25) is 11.8 Å². The summed E-state index contributed by atoms with van der Waals surface area (Å²) in [6.45, 7) is 3.71. The van der Waals surface area contributed by atoms with E-state index >= 15 is 0 Å². The maximum Gasteiger partial charge on any atom is 0.319 e. The summed E-state index contributed by atoms with van der Waals surface area (Å²) in [5.41, 5.74) is 14.8. The lowest BCUT2D eigenvalue weighted by Gasteiger charge is -2.33. The minimum absolute atomic E-state index is 0.114. The van der Waals surface area contributed by atoms with Crippen molar-refractivity contribution >= 4 is 34.9 Å². The monoisotopic (exact) mass is 478 g/mol. The number of amides is 4. The third-order valence-corrected chi connectivity index (χ3v) is 6.80. The Hall–Kier alpha value is -3.75. The van der Waals surface area contributed by atoms with Gasteiger partial charge in [0.05, 0.1) is 17.3 Å². The average Bonchev–Trinajstić information content (AvgIpc) is 2.88. The number of hydrogen-bond acceptors (Lipinski definition) is 5. The SMILES string of the molecule is NC(=O)c1ccc(N2CCCCC2)c(NC(=O)NCc2ccc(N3CCCC(C(N)=O)C3)cc2)c1. The van der Waals surface area contributed by atoms with Crippen LogP contribution in [-0.4, -0.2) is 44.0 Å². The van der Waals surface area contributed by atoms with Crippen LogP contribution in [0.25, 0.3) is 0 Å². The molecule has 0 spiro atoms. The number of benzene rings is 2. The highest BCUT2D eigenvalue weighted by Crippen LogP contribution is 2.30. The molecule has 0 bridgehead atoms. The van der Waals surface area contributed by atoms with Crippen LogP contribution >= 0.6 is 0 Å². The molecule has 2 heterocycles. The first-order chi connectivity index (χ1) is 16.9. The van der Waals surface area contributed by atoms with Crippen LogP contribution in [0.5, 0.6) is 0 Å². The Kier molecular flexibility index (Phi) is 7.74. The molecule has 2 aliphatic rings. The number of carbonyl (C=O) groups is 3. The number of piperidine rings is 2. The highest BCUT2D eigenvalue weighted by molar-refractivity contribution is 5.98. The number of nitrogens with two attached hydrogens (primary N) is 2. The Bertz CT molecular complexity index is 1070. The van der Waals surface area contributed by atoms with E-state index in [0.717, 1.165) is 62.3 Å². The topological polar surface area (TPSA) is 134 Å². The van der Waals surface area contributed by atoms with E-state index in [4.69, 9.17) is 11.5 Å². The number of nitrogens with one attached hydrogen (secondary N) is 2. The maximum atomic E-state index is 12.7. The predicted molar refractivity (Wildman–Crippen MR) is 137 cm³/mol. The molecule has 0 aliphatic carbocycles. The van der Waals surface area contributed by atoms with E-state index in [1.165, 1.54) is 6.42 Å². The first-order valence-electron chi connectivity index (χ1n) is 12.3. The second-order valence-corrected chi connectivity index (χ2v) is 9.31.